The Hall–Kier alpha value is 0.247. The van der Waals surface area contributed by atoms with Crippen LogP contribution >= 0.6 is 31.9 Å². The van der Waals surface area contributed by atoms with Crippen molar-refractivity contribution in [1.82, 2.24) is 0 Å². The van der Waals surface area contributed by atoms with Crippen molar-refractivity contribution in [2.24, 2.45) is 0 Å². The summed E-state index contributed by atoms with van der Waals surface area (Å²) in [5.41, 5.74) is -0.556. The van der Waals surface area contributed by atoms with E-state index in [0.29, 0.717) is 17.5 Å². The van der Waals surface area contributed by atoms with Crippen molar-refractivity contribution < 1.29 is 14.0 Å². The number of hydrogen-bond donors (Lipinski definition) is 0. The highest BCUT2D eigenvalue weighted by Crippen LogP contribution is 2.46. The zero-order chi connectivity index (χ0) is 16.1. The van der Waals surface area contributed by atoms with Crippen LogP contribution in [0.3, 0.4) is 0 Å². The van der Waals surface area contributed by atoms with Gasteiger partial charge in [0.15, 0.2) is 8.32 Å². The van der Waals surface area contributed by atoms with E-state index in [2.05, 4.69) is 65.7 Å². The molecule has 0 aromatic rings. The van der Waals surface area contributed by atoms with Gasteiger partial charge in [0.2, 0.25) is 5.78 Å². The fourth-order valence-electron chi connectivity index (χ4n) is 2.16. The summed E-state index contributed by atoms with van der Waals surface area (Å²) in [5.74, 6) is -0.0310. The Morgan fingerprint density at radius 3 is 2.57 bits per heavy atom. The third-order valence-corrected chi connectivity index (χ3v) is 11.6. The first-order valence-corrected chi connectivity index (χ1v) is 11.6. The highest BCUT2D eigenvalue weighted by atomic mass is 79.9. The van der Waals surface area contributed by atoms with Crippen molar-refractivity contribution in [3.8, 4) is 0 Å². The summed E-state index contributed by atoms with van der Waals surface area (Å²) in [6.07, 6.45) is 4.05. The molecule has 0 saturated carbocycles. The number of ether oxygens (including phenoxy) is 1. The second kappa shape index (κ2) is 5.71. The van der Waals surface area contributed by atoms with Crippen LogP contribution in [-0.4, -0.2) is 32.4 Å². The first kappa shape index (κ1) is 17.6. The van der Waals surface area contributed by atoms with E-state index >= 15 is 0 Å². The smallest absolute Gasteiger partial charge is 0.203 e. The average molecular weight is 438 g/mol. The Bertz CT molecular complexity index is 520. The van der Waals surface area contributed by atoms with E-state index in [4.69, 9.17) is 9.16 Å². The zero-order valence-electron chi connectivity index (χ0n) is 13.1. The normalized spacial score (nSPS) is 29.5. The third-order valence-electron chi connectivity index (χ3n) is 4.66. The molecule has 2 rings (SSSR count). The number of ketones is 1. The Morgan fingerprint density at radius 2 is 2.00 bits per heavy atom. The van der Waals surface area contributed by atoms with E-state index in [-0.39, 0.29) is 10.8 Å². The molecule has 2 bridgehead atoms. The topological polar surface area (TPSA) is 35.5 Å². The van der Waals surface area contributed by atoms with Gasteiger partial charge in [-0.25, -0.2) is 0 Å². The molecular formula is C15H22Br2O3Si. The lowest BCUT2D eigenvalue weighted by Crippen LogP contribution is -2.44. The predicted octanol–water partition coefficient (Wildman–Crippen LogP) is 4.68. The van der Waals surface area contributed by atoms with Crippen LogP contribution in [0.15, 0.2) is 21.1 Å². The van der Waals surface area contributed by atoms with E-state index in [0.717, 1.165) is 4.48 Å². The summed E-state index contributed by atoms with van der Waals surface area (Å²) in [6, 6.07) is 0. The number of Topliss-reactive ketones (excluding diaryl/α,β-unsaturated/α-hetero) is 1. The van der Waals surface area contributed by atoms with Gasteiger partial charge in [-0.3, -0.25) is 4.79 Å². The van der Waals surface area contributed by atoms with Gasteiger partial charge in [0.25, 0.3) is 0 Å². The molecule has 6 heteroatoms. The zero-order valence-corrected chi connectivity index (χ0v) is 17.3. The Morgan fingerprint density at radius 1 is 1.38 bits per heavy atom. The number of halogens is 2. The quantitative estimate of drug-likeness (QED) is 0.473. The maximum absolute atomic E-state index is 12.0. The summed E-state index contributed by atoms with van der Waals surface area (Å²) in [4.78, 5) is 12.0. The monoisotopic (exact) mass is 436 g/mol. The maximum Gasteiger partial charge on any atom is 0.203 e. The third kappa shape index (κ3) is 3.15. The number of fused-ring (bicyclic) bond motifs is 2. The van der Waals surface area contributed by atoms with Gasteiger partial charge in [-0.05, 0) is 46.2 Å². The largest absolute Gasteiger partial charge is 0.417 e. The Labute approximate surface area is 144 Å². The van der Waals surface area contributed by atoms with E-state index in [1.807, 2.05) is 12.2 Å². The Kier molecular flexibility index (Phi) is 4.78. The van der Waals surface area contributed by atoms with E-state index in [9.17, 15) is 4.79 Å². The van der Waals surface area contributed by atoms with Gasteiger partial charge in [-0.2, -0.15) is 0 Å². The van der Waals surface area contributed by atoms with Crippen molar-refractivity contribution >= 4 is 46.0 Å². The molecule has 2 atom stereocenters. The number of carbonyl (C=O) groups is 1. The van der Waals surface area contributed by atoms with Gasteiger partial charge in [0.1, 0.15) is 11.7 Å². The summed E-state index contributed by atoms with van der Waals surface area (Å²) in [5, 5.41) is 0.190. The molecule has 2 heterocycles. The minimum absolute atomic E-state index is 0.0310. The average Bonchev–Trinajstić information content (AvgIpc) is 2.76. The first-order valence-electron chi connectivity index (χ1n) is 7.11. The summed E-state index contributed by atoms with van der Waals surface area (Å²) >= 11 is 6.89. The fourth-order valence-corrected chi connectivity index (χ4v) is 4.38. The van der Waals surface area contributed by atoms with Crippen LogP contribution in [0.2, 0.25) is 18.1 Å². The minimum atomic E-state index is -1.76. The van der Waals surface area contributed by atoms with Crippen molar-refractivity contribution in [2.45, 2.75) is 57.0 Å². The molecule has 118 valence electrons. The van der Waals surface area contributed by atoms with Gasteiger partial charge in [-0.1, -0.05) is 36.7 Å². The van der Waals surface area contributed by atoms with Gasteiger partial charge in [-0.15, -0.1) is 0 Å². The maximum atomic E-state index is 12.0. The lowest BCUT2D eigenvalue weighted by atomic mass is 9.99. The highest BCUT2D eigenvalue weighted by molar-refractivity contribution is 9.14. The van der Waals surface area contributed by atoms with E-state index in [1.165, 1.54) is 0 Å². The fraction of sp³-hybridized carbons (Fsp3) is 0.667. The molecule has 21 heavy (non-hydrogen) atoms. The second-order valence-electron chi connectivity index (χ2n) is 7.14. The minimum Gasteiger partial charge on any atom is -0.417 e. The Balaban J connectivity index is 2.08. The number of carbonyl (C=O) groups excluding carboxylic acids is 1. The molecule has 0 amide bonds. The van der Waals surface area contributed by atoms with Crippen LogP contribution in [-0.2, 0) is 14.0 Å². The molecule has 0 saturated heterocycles. The molecular weight excluding hydrogens is 416 g/mol. The lowest BCUT2D eigenvalue weighted by molar-refractivity contribution is -0.129. The molecule has 0 aromatic carbocycles. The number of rotatable bonds is 4. The SMILES string of the molecule is CC(C)(C)[Si](C)(C)OCCC12C=CC(O1)C(=O)C(Br)=C2Br. The van der Waals surface area contributed by atoms with Crippen LogP contribution in [0, 0.1) is 0 Å². The molecule has 3 nitrogen and oxygen atoms in total. The number of hydrogen-bond acceptors (Lipinski definition) is 3. The van der Waals surface area contributed by atoms with Crippen LogP contribution in [0.1, 0.15) is 27.2 Å². The summed E-state index contributed by atoms with van der Waals surface area (Å²) in [7, 11) is -1.76. The summed E-state index contributed by atoms with van der Waals surface area (Å²) < 4.78 is 13.5. The second-order valence-corrected chi connectivity index (χ2v) is 13.5. The van der Waals surface area contributed by atoms with Gasteiger partial charge in [0, 0.05) is 17.5 Å². The molecule has 0 spiro atoms. The molecule has 0 radical (unpaired) electrons. The van der Waals surface area contributed by atoms with Crippen molar-refractivity contribution in [2.75, 3.05) is 6.61 Å². The van der Waals surface area contributed by atoms with E-state index < -0.39 is 20.0 Å². The van der Waals surface area contributed by atoms with Gasteiger partial charge in [0.05, 0.1) is 4.48 Å². The highest BCUT2D eigenvalue weighted by Gasteiger charge is 2.48. The van der Waals surface area contributed by atoms with Crippen LogP contribution in [0.4, 0.5) is 0 Å². The van der Waals surface area contributed by atoms with Gasteiger partial charge < -0.3 is 9.16 Å². The summed E-state index contributed by atoms with van der Waals surface area (Å²) in [6.45, 7) is 11.8. The van der Waals surface area contributed by atoms with Gasteiger partial charge >= 0.3 is 0 Å². The molecule has 2 aliphatic rings. The predicted molar refractivity (Wildman–Crippen MR) is 94.4 cm³/mol. The molecule has 2 aliphatic heterocycles. The molecule has 2 unspecified atom stereocenters. The molecule has 0 aromatic heterocycles. The van der Waals surface area contributed by atoms with Crippen LogP contribution < -0.4 is 0 Å². The van der Waals surface area contributed by atoms with Crippen molar-refractivity contribution in [1.29, 1.82) is 0 Å². The molecule has 0 fully saturated rings. The molecule has 0 aliphatic carbocycles. The molecule has 0 N–H and O–H groups in total. The van der Waals surface area contributed by atoms with Crippen molar-refractivity contribution in [3.05, 3.63) is 21.1 Å². The van der Waals surface area contributed by atoms with E-state index in [1.54, 1.807) is 0 Å². The lowest BCUT2D eigenvalue weighted by Gasteiger charge is -2.38. The first-order chi connectivity index (χ1) is 9.50. The van der Waals surface area contributed by atoms with Crippen LogP contribution in [0.25, 0.3) is 0 Å². The standard InChI is InChI=1S/C15H22Br2O3Si/c1-14(2,3)21(4,5)19-9-8-15-7-6-10(20-15)12(18)11(16)13(15)17/h6-7,10H,8-9H2,1-5H3. The van der Waals surface area contributed by atoms with Crippen LogP contribution in [0.5, 0.6) is 0 Å². The van der Waals surface area contributed by atoms with Crippen molar-refractivity contribution in [3.63, 3.8) is 0 Å².